The molecular weight excluding hydrogens is 254 g/mol. The number of hydrogen-bond donors (Lipinski definition) is 0. The van der Waals surface area contributed by atoms with Crippen molar-refractivity contribution in [2.75, 3.05) is 0 Å². The lowest BCUT2D eigenvalue weighted by Gasteiger charge is -1.87. The van der Waals surface area contributed by atoms with Crippen LogP contribution in [0.2, 0.25) is 5.02 Å². The van der Waals surface area contributed by atoms with Crippen LogP contribution < -0.4 is 0 Å². The molecule has 1 heterocycles. The minimum atomic E-state index is -0.622. The van der Waals surface area contributed by atoms with E-state index in [-0.39, 0.29) is 17.4 Å². The Morgan fingerprint density at radius 3 is 2.72 bits per heavy atom. The van der Waals surface area contributed by atoms with E-state index in [1.807, 2.05) is 30.3 Å². The van der Waals surface area contributed by atoms with Crippen LogP contribution in [0.25, 0.3) is 0 Å². The molecule has 0 N–H and O–H groups in total. The Labute approximate surface area is 108 Å². The Morgan fingerprint density at radius 2 is 2.11 bits per heavy atom. The van der Waals surface area contributed by atoms with Crippen LogP contribution in [0.4, 0.5) is 5.82 Å². The van der Waals surface area contributed by atoms with Crippen LogP contribution in [0.5, 0.6) is 0 Å². The van der Waals surface area contributed by atoms with Crippen molar-refractivity contribution in [1.82, 2.24) is 9.78 Å². The maximum absolute atomic E-state index is 10.5. The molecule has 0 aliphatic rings. The van der Waals surface area contributed by atoms with Crippen molar-refractivity contribution >= 4 is 17.4 Å². The Morgan fingerprint density at radius 1 is 1.39 bits per heavy atom. The summed E-state index contributed by atoms with van der Waals surface area (Å²) in [6, 6.07) is 9.44. The van der Waals surface area contributed by atoms with Gasteiger partial charge in [-0.15, -0.1) is 0 Å². The molecular formula is C12H8ClN3O2. The van der Waals surface area contributed by atoms with E-state index in [0.29, 0.717) is 0 Å². The van der Waals surface area contributed by atoms with Crippen molar-refractivity contribution < 1.29 is 4.92 Å². The van der Waals surface area contributed by atoms with Gasteiger partial charge in [0.2, 0.25) is 0 Å². The normalized spacial score (nSPS) is 9.61. The van der Waals surface area contributed by atoms with Gasteiger partial charge in [-0.05, 0) is 17.1 Å². The maximum atomic E-state index is 10.5. The molecule has 1 aromatic heterocycles. The molecule has 0 saturated carbocycles. The summed E-state index contributed by atoms with van der Waals surface area (Å²) in [5, 5.41) is 14.3. The van der Waals surface area contributed by atoms with Crippen molar-refractivity contribution in [2.24, 2.45) is 0 Å². The standard InChI is InChI=1S/C12H8ClN3O2/c13-11-9-15(14-12(11)16(17)18)8-4-7-10-5-2-1-3-6-10/h1-3,5-6,9H,8H2. The monoisotopic (exact) mass is 261 g/mol. The zero-order chi connectivity index (χ0) is 13.0. The summed E-state index contributed by atoms with van der Waals surface area (Å²) in [5.74, 6) is 5.45. The predicted molar refractivity (Wildman–Crippen MR) is 67.2 cm³/mol. The largest absolute Gasteiger partial charge is 0.408 e. The minimum Gasteiger partial charge on any atom is -0.358 e. The van der Waals surface area contributed by atoms with Gasteiger partial charge in [-0.1, -0.05) is 41.6 Å². The molecule has 5 nitrogen and oxygen atoms in total. The first kappa shape index (κ1) is 12.1. The minimum absolute atomic E-state index is 0.0153. The molecule has 0 radical (unpaired) electrons. The number of hydrogen-bond acceptors (Lipinski definition) is 3. The first-order valence-electron chi connectivity index (χ1n) is 5.08. The van der Waals surface area contributed by atoms with Crippen molar-refractivity contribution in [3.63, 3.8) is 0 Å². The molecule has 1 aromatic carbocycles. The Bertz CT molecular complexity index is 626. The third-order valence-electron chi connectivity index (χ3n) is 2.12. The summed E-state index contributed by atoms with van der Waals surface area (Å²) < 4.78 is 1.34. The summed E-state index contributed by atoms with van der Waals surface area (Å²) in [6.07, 6.45) is 1.39. The molecule has 0 bridgehead atoms. The second-order valence-corrected chi connectivity index (χ2v) is 3.83. The van der Waals surface area contributed by atoms with Crippen LogP contribution in [0.1, 0.15) is 5.56 Å². The number of benzene rings is 1. The molecule has 0 atom stereocenters. The van der Waals surface area contributed by atoms with E-state index in [1.165, 1.54) is 10.9 Å². The van der Waals surface area contributed by atoms with Gasteiger partial charge in [-0.3, -0.25) is 0 Å². The Hall–Kier alpha value is -2.32. The lowest BCUT2D eigenvalue weighted by molar-refractivity contribution is -0.389. The predicted octanol–water partition coefficient (Wildman–Crippen LogP) is 2.50. The molecule has 0 saturated heterocycles. The van der Waals surface area contributed by atoms with Crippen molar-refractivity contribution in [3.8, 4) is 11.8 Å². The highest BCUT2D eigenvalue weighted by Crippen LogP contribution is 2.20. The average Bonchev–Trinajstić information content (AvgIpc) is 2.72. The number of aromatic nitrogens is 2. The molecule has 0 unspecified atom stereocenters. The molecule has 0 fully saturated rings. The summed E-state index contributed by atoms with van der Waals surface area (Å²) in [5.41, 5.74) is 0.880. The topological polar surface area (TPSA) is 61.0 Å². The third kappa shape index (κ3) is 2.87. The van der Waals surface area contributed by atoms with Gasteiger partial charge in [0.15, 0.2) is 5.02 Å². The molecule has 2 aromatic rings. The van der Waals surface area contributed by atoms with E-state index in [2.05, 4.69) is 16.9 Å². The molecule has 0 aliphatic carbocycles. The Kier molecular flexibility index (Phi) is 3.60. The third-order valence-corrected chi connectivity index (χ3v) is 2.39. The average molecular weight is 262 g/mol. The van der Waals surface area contributed by atoms with Crippen LogP contribution in [-0.2, 0) is 6.54 Å². The van der Waals surface area contributed by atoms with Gasteiger partial charge in [-0.25, -0.2) is 0 Å². The van der Waals surface area contributed by atoms with Gasteiger partial charge >= 0.3 is 5.82 Å². The SMILES string of the molecule is O=[N+]([O-])c1nn(CC#Cc2ccccc2)cc1Cl. The maximum Gasteiger partial charge on any atom is 0.408 e. The first-order valence-corrected chi connectivity index (χ1v) is 5.46. The van der Waals surface area contributed by atoms with E-state index < -0.39 is 4.92 Å². The zero-order valence-corrected chi connectivity index (χ0v) is 9.96. The summed E-state index contributed by atoms with van der Waals surface area (Å²) in [7, 11) is 0. The number of nitrogens with zero attached hydrogens (tertiary/aromatic N) is 3. The van der Waals surface area contributed by atoms with E-state index in [0.717, 1.165) is 5.56 Å². The van der Waals surface area contributed by atoms with Gasteiger partial charge in [0.25, 0.3) is 0 Å². The second kappa shape index (κ2) is 5.34. The summed E-state index contributed by atoms with van der Waals surface area (Å²) in [4.78, 5) is 9.92. The number of nitro groups is 1. The molecule has 90 valence electrons. The lowest BCUT2D eigenvalue weighted by atomic mass is 10.2. The highest BCUT2D eigenvalue weighted by molar-refractivity contribution is 6.32. The van der Waals surface area contributed by atoms with Crippen molar-refractivity contribution in [1.29, 1.82) is 0 Å². The van der Waals surface area contributed by atoms with Gasteiger partial charge in [0, 0.05) is 5.56 Å². The van der Waals surface area contributed by atoms with Crippen LogP contribution in [0.15, 0.2) is 36.5 Å². The van der Waals surface area contributed by atoms with E-state index in [9.17, 15) is 10.1 Å². The molecule has 0 spiro atoms. The highest BCUT2D eigenvalue weighted by Gasteiger charge is 2.18. The van der Waals surface area contributed by atoms with Gasteiger partial charge in [0.05, 0.1) is 11.3 Å². The molecule has 6 heteroatoms. The van der Waals surface area contributed by atoms with Gasteiger partial charge < -0.3 is 10.1 Å². The quantitative estimate of drug-likeness (QED) is 0.474. The smallest absolute Gasteiger partial charge is 0.358 e. The molecule has 0 amide bonds. The Balaban J connectivity index is 2.10. The fraction of sp³-hybridized carbons (Fsp3) is 0.0833. The number of halogens is 1. The van der Waals surface area contributed by atoms with Gasteiger partial charge in [-0.2, -0.15) is 4.68 Å². The van der Waals surface area contributed by atoms with E-state index in [4.69, 9.17) is 11.6 Å². The summed E-state index contributed by atoms with van der Waals surface area (Å²) in [6.45, 7) is 0.252. The zero-order valence-electron chi connectivity index (χ0n) is 9.21. The van der Waals surface area contributed by atoms with Crippen molar-refractivity contribution in [3.05, 3.63) is 57.2 Å². The molecule has 2 rings (SSSR count). The fourth-order valence-electron chi connectivity index (χ4n) is 1.34. The molecule has 0 aliphatic heterocycles. The van der Waals surface area contributed by atoms with Gasteiger partial charge in [0.1, 0.15) is 6.54 Å². The van der Waals surface area contributed by atoms with E-state index >= 15 is 0 Å². The van der Waals surface area contributed by atoms with Crippen LogP contribution in [-0.4, -0.2) is 14.7 Å². The number of rotatable bonds is 2. The van der Waals surface area contributed by atoms with Crippen LogP contribution >= 0.6 is 11.6 Å². The fourth-order valence-corrected chi connectivity index (χ4v) is 1.56. The molecule has 18 heavy (non-hydrogen) atoms. The van der Waals surface area contributed by atoms with Crippen molar-refractivity contribution in [2.45, 2.75) is 6.54 Å². The van der Waals surface area contributed by atoms with E-state index in [1.54, 1.807) is 0 Å². The van der Waals surface area contributed by atoms with Crippen LogP contribution in [0.3, 0.4) is 0 Å². The lowest BCUT2D eigenvalue weighted by Crippen LogP contribution is -1.97. The first-order chi connectivity index (χ1) is 8.66. The summed E-state index contributed by atoms with van der Waals surface area (Å²) >= 11 is 5.66. The van der Waals surface area contributed by atoms with Crippen LogP contribution in [0, 0.1) is 22.0 Å². The second-order valence-electron chi connectivity index (χ2n) is 3.42. The highest BCUT2D eigenvalue weighted by atomic mass is 35.5.